The quantitative estimate of drug-likeness (QED) is 0.606. The average molecular weight is 274 g/mol. The van der Waals surface area contributed by atoms with Gasteiger partial charge in [0.05, 0.1) is 18.5 Å². The lowest BCUT2D eigenvalue weighted by molar-refractivity contribution is -0.0152. The Balaban J connectivity index is 2.28. The van der Waals surface area contributed by atoms with Crippen LogP contribution in [0.3, 0.4) is 0 Å². The van der Waals surface area contributed by atoms with Gasteiger partial charge in [0.15, 0.2) is 0 Å². The van der Waals surface area contributed by atoms with E-state index in [4.69, 9.17) is 16.1 Å². The molecular weight excluding hydrogens is 260 g/mol. The second-order valence-electron chi connectivity index (χ2n) is 4.25. The summed E-state index contributed by atoms with van der Waals surface area (Å²) in [7, 11) is 0. The summed E-state index contributed by atoms with van der Waals surface area (Å²) in [6.07, 6.45) is -1.03. The van der Waals surface area contributed by atoms with E-state index in [0.29, 0.717) is 11.3 Å². The van der Waals surface area contributed by atoms with Crippen LogP contribution in [-0.4, -0.2) is 37.8 Å². The molecule has 0 spiro atoms. The summed E-state index contributed by atoms with van der Waals surface area (Å²) in [6, 6.07) is 8.40. The van der Waals surface area contributed by atoms with Crippen LogP contribution in [0.1, 0.15) is 17.2 Å². The molecule has 2 unspecified atom stereocenters. The molecular formula is C13H14N4O3. The summed E-state index contributed by atoms with van der Waals surface area (Å²) < 4.78 is 1.40. The predicted molar refractivity (Wildman–Crippen MR) is 70.7 cm³/mol. The summed E-state index contributed by atoms with van der Waals surface area (Å²) in [5.41, 5.74) is 7.13. The van der Waals surface area contributed by atoms with E-state index in [9.17, 15) is 10.2 Å². The van der Waals surface area contributed by atoms with Gasteiger partial charge >= 0.3 is 0 Å². The molecule has 0 radical (unpaired) electrons. The minimum atomic E-state index is -1.24. The number of rotatable bonds is 4. The van der Waals surface area contributed by atoms with Crippen LogP contribution < -0.4 is 5.73 Å². The summed E-state index contributed by atoms with van der Waals surface area (Å²) in [6.45, 7) is -0.527. The molecule has 0 aliphatic rings. The largest absolute Gasteiger partial charge is 0.394 e. The highest BCUT2D eigenvalue weighted by atomic mass is 16.4. The number of nitrogens with two attached hydrogens (primary N) is 1. The molecule has 2 rings (SSSR count). The van der Waals surface area contributed by atoms with Gasteiger partial charge in [-0.05, 0) is 17.7 Å². The van der Waals surface area contributed by atoms with Crippen LogP contribution in [-0.2, 0) is 0 Å². The lowest BCUT2D eigenvalue weighted by Crippen LogP contribution is -2.22. The molecule has 0 saturated heterocycles. The zero-order chi connectivity index (χ0) is 14.7. The Morgan fingerprint density at radius 3 is 2.45 bits per heavy atom. The van der Waals surface area contributed by atoms with Crippen LogP contribution in [0, 0.1) is 11.3 Å². The van der Waals surface area contributed by atoms with E-state index in [1.807, 2.05) is 6.07 Å². The number of anilines is 1. The fraction of sp³-hybridized carbons (Fsp3) is 0.231. The van der Waals surface area contributed by atoms with Crippen LogP contribution >= 0.6 is 0 Å². The van der Waals surface area contributed by atoms with Crippen molar-refractivity contribution in [1.29, 1.82) is 5.26 Å². The van der Waals surface area contributed by atoms with E-state index in [2.05, 4.69) is 5.10 Å². The van der Waals surface area contributed by atoms with Crippen molar-refractivity contribution < 1.29 is 15.3 Å². The van der Waals surface area contributed by atoms with E-state index >= 15 is 0 Å². The Bertz CT molecular complexity index is 630. The van der Waals surface area contributed by atoms with Gasteiger partial charge in [0.1, 0.15) is 29.7 Å². The van der Waals surface area contributed by atoms with E-state index < -0.39 is 18.8 Å². The second-order valence-corrected chi connectivity index (χ2v) is 4.25. The number of aliphatic hydroxyl groups is 3. The molecule has 0 aliphatic heterocycles. The normalized spacial score (nSPS) is 13.7. The topological polar surface area (TPSA) is 128 Å². The number of aromatic nitrogens is 2. The summed E-state index contributed by atoms with van der Waals surface area (Å²) in [5.74, 6) is 0.233. The van der Waals surface area contributed by atoms with Gasteiger partial charge in [0, 0.05) is 0 Å². The van der Waals surface area contributed by atoms with Gasteiger partial charge in [-0.3, -0.25) is 0 Å². The van der Waals surface area contributed by atoms with Crippen molar-refractivity contribution in [3.8, 4) is 11.8 Å². The Labute approximate surface area is 115 Å². The van der Waals surface area contributed by atoms with E-state index in [-0.39, 0.29) is 11.4 Å². The highest BCUT2D eigenvalue weighted by molar-refractivity contribution is 5.52. The molecule has 0 amide bonds. The van der Waals surface area contributed by atoms with Crippen molar-refractivity contribution >= 4 is 5.82 Å². The monoisotopic (exact) mass is 274 g/mol. The van der Waals surface area contributed by atoms with E-state index in [1.54, 1.807) is 24.3 Å². The minimum Gasteiger partial charge on any atom is -0.394 e. The fourth-order valence-electron chi connectivity index (χ4n) is 1.78. The molecule has 2 aromatic rings. The number of nitriles is 1. The van der Waals surface area contributed by atoms with Crippen molar-refractivity contribution in [3.63, 3.8) is 0 Å². The first-order valence-electron chi connectivity index (χ1n) is 5.89. The summed E-state index contributed by atoms with van der Waals surface area (Å²) >= 11 is 0. The second kappa shape index (κ2) is 5.71. The standard InChI is InChI=1S/C13H14N4O3/c14-5-9-6-16-17(13(9)15)10-3-1-8(2-4-10)12(20)11(19)7-18/h1-4,6,11-12,18-20H,7,15H2. The number of nitrogens with zero attached hydrogens (tertiary/aromatic N) is 3. The molecule has 7 heteroatoms. The summed E-state index contributed by atoms with van der Waals surface area (Å²) in [5, 5.41) is 40.7. The van der Waals surface area contributed by atoms with Crippen molar-refractivity contribution in [2.45, 2.75) is 12.2 Å². The number of nitrogen functional groups attached to an aromatic ring is 1. The lowest BCUT2D eigenvalue weighted by atomic mass is 10.0. The zero-order valence-corrected chi connectivity index (χ0v) is 10.5. The van der Waals surface area contributed by atoms with Gasteiger partial charge in [-0.2, -0.15) is 10.4 Å². The molecule has 1 aromatic heterocycles. The van der Waals surface area contributed by atoms with Gasteiger partial charge in [-0.25, -0.2) is 4.68 Å². The molecule has 1 aromatic carbocycles. The van der Waals surface area contributed by atoms with Crippen LogP contribution in [0.5, 0.6) is 0 Å². The van der Waals surface area contributed by atoms with Crippen molar-refractivity contribution in [1.82, 2.24) is 9.78 Å². The molecule has 0 saturated carbocycles. The molecule has 1 heterocycles. The average Bonchev–Trinajstić information content (AvgIpc) is 2.86. The van der Waals surface area contributed by atoms with Crippen LogP contribution in [0.4, 0.5) is 5.82 Å². The number of benzene rings is 1. The highest BCUT2D eigenvalue weighted by Crippen LogP contribution is 2.21. The molecule has 0 bridgehead atoms. The predicted octanol–water partition coefficient (Wildman–Crippen LogP) is -0.287. The zero-order valence-electron chi connectivity index (χ0n) is 10.5. The maximum Gasteiger partial charge on any atom is 0.145 e. The fourth-order valence-corrected chi connectivity index (χ4v) is 1.78. The third kappa shape index (κ3) is 2.48. The number of hydrogen-bond acceptors (Lipinski definition) is 6. The maximum absolute atomic E-state index is 9.75. The van der Waals surface area contributed by atoms with Crippen molar-refractivity contribution in [3.05, 3.63) is 41.6 Å². The van der Waals surface area contributed by atoms with Crippen molar-refractivity contribution in [2.24, 2.45) is 0 Å². The first-order chi connectivity index (χ1) is 9.58. The van der Waals surface area contributed by atoms with Gasteiger partial charge in [0.2, 0.25) is 0 Å². The SMILES string of the molecule is N#Cc1cnn(-c2ccc(C(O)C(O)CO)cc2)c1N. The molecule has 0 fully saturated rings. The molecule has 0 aliphatic carbocycles. The Kier molecular flexibility index (Phi) is 4.00. The van der Waals surface area contributed by atoms with Gasteiger partial charge in [-0.15, -0.1) is 0 Å². The third-order valence-corrected chi connectivity index (χ3v) is 2.96. The first-order valence-corrected chi connectivity index (χ1v) is 5.89. The van der Waals surface area contributed by atoms with Gasteiger partial charge < -0.3 is 21.1 Å². The van der Waals surface area contributed by atoms with Crippen LogP contribution in [0.25, 0.3) is 5.69 Å². The molecule has 5 N–H and O–H groups in total. The van der Waals surface area contributed by atoms with E-state index in [1.165, 1.54) is 10.9 Å². The molecule has 2 atom stereocenters. The third-order valence-electron chi connectivity index (χ3n) is 2.96. The Morgan fingerprint density at radius 2 is 1.95 bits per heavy atom. The molecule has 7 nitrogen and oxygen atoms in total. The maximum atomic E-state index is 9.75. The molecule has 20 heavy (non-hydrogen) atoms. The van der Waals surface area contributed by atoms with Crippen LogP contribution in [0.2, 0.25) is 0 Å². The summed E-state index contributed by atoms with van der Waals surface area (Å²) in [4.78, 5) is 0. The Hall–Kier alpha value is -2.40. The van der Waals surface area contributed by atoms with Crippen LogP contribution in [0.15, 0.2) is 30.5 Å². The lowest BCUT2D eigenvalue weighted by Gasteiger charge is -2.16. The van der Waals surface area contributed by atoms with Crippen molar-refractivity contribution in [2.75, 3.05) is 12.3 Å². The smallest absolute Gasteiger partial charge is 0.145 e. The molecule has 104 valence electrons. The number of hydrogen-bond donors (Lipinski definition) is 4. The van der Waals surface area contributed by atoms with E-state index in [0.717, 1.165) is 0 Å². The minimum absolute atomic E-state index is 0.233. The first kappa shape index (κ1) is 14.0. The number of aliphatic hydroxyl groups excluding tert-OH is 3. The Morgan fingerprint density at radius 1 is 1.30 bits per heavy atom. The van der Waals surface area contributed by atoms with Gasteiger partial charge in [0.25, 0.3) is 0 Å². The highest BCUT2D eigenvalue weighted by Gasteiger charge is 2.17. The van der Waals surface area contributed by atoms with Gasteiger partial charge in [-0.1, -0.05) is 12.1 Å².